The van der Waals surface area contributed by atoms with Crippen LogP contribution in [0.4, 0.5) is 0 Å². The molecule has 0 radical (unpaired) electrons. The molecule has 0 bridgehead atoms. The average molecular weight is 659 g/mol. The van der Waals surface area contributed by atoms with Gasteiger partial charge >= 0.3 is 0 Å². The van der Waals surface area contributed by atoms with Gasteiger partial charge in [-0.25, -0.2) is 0 Å². The summed E-state index contributed by atoms with van der Waals surface area (Å²) in [6.07, 6.45) is 4.17. The SMILES string of the molecule is C.C.C.CC1CN(C)C(C)CN1.CC1CN(C)CC(C)N1.CN1CCCNCC1.CN1CCN2CCCC2C1.CN1CCNCC1. The molecule has 4 N–H and O–H groups in total. The van der Waals surface area contributed by atoms with Crippen LogP contribution in [0.3, 0.4) is 0 Å². The molecule has 0 spiro atoms. The third kappa shape index (κ3) is 21.5. The Kier molecular flexibility index (Phi) is 28.4. The highest BCUT2D eigenvalue weighted by Gasteiger charge is 2.28. The molecular weight excluding hydrogens is 572 g/mol. The maximum absolute atomic E-state index is 3.47. The number of likely N-dealkylation sites (N-methyl/N-ethyl adjacent to an activating group) is 5. The Labute approximate surface area is 289 Å². The highest BCUT2D eigenvalue weighted by Crippen LogP contribution is 2.20. The van der Waals surface area contributed by atoms with Crippen molar-refractivity contribution in [1.29, 1.82) is 0 Å². The summed E-state index contributed by atoms with van der Waals surface area (Å²) in [6.45, 7) is 28.4. The van der Waals surface area contributed by atoms with Gasteiger partial charge in [0, 0.05) is 115 Å². The second-order valence-electron chi connectivity index (χ2n) is 14.3. The standard InChI is InChI=1S/C8H16N2.2C7H16N2.C6H14N2.C5H12N2.3CH4/c1-9-5-6-10-4-2-3-8(10)7-9;1-6-5-9(3)7(2)4-8-6;1-6-4-9(3)5-7(2)8-6;1-8-5-2-3-7-4-6-8;1-7-4-2-6-3-5-7;;;/h8H,2-7H2,1H3;2*6-8H,4-5H2,1-3H3;7H,2-6H2,1H3;6H,2-5H2,1H3;3*1H4. The van der Waals surface area contributed by atoms with Crippen LogP contribution in [-0.4, -0.2) is 200 Å². The van der Waals surface area contributed by atoms with Crippen molar-refractivity contribution in [3.8, 4) is 0 Å². The lowest BCUT2D eigenvalue weighted by atomic mass is 10.2. The molecule has 10 heteroatoms. The molecule has 0 aliphatic carbocycles. The first-order valence-corrected chi connectivity index (χ1v) is 17.6. The van der Waals surface area contributed by atoms with Gasteiger partial charge in [-0.2, -0.15) is 0 Å². The zero-order valence-electron chi connectivity index (χ0n) is 30.0. The van der Waals surface area contributed by atoms with Crippen molar-refractivity contribution in [1.82, 2.24) is 50.7 Å². The summed E-state index contributed by atoms with van der Waals surface area (Å²) in [4.78, 5) is 14.5. The third-order valence-electron chi connectivity index (χ3n) is 9.51. The summed E-state index contributed by atoms with van der Waals surface area (Å²) < 4.78 is 0. The van der Waals surface area contributed by atoms with Gasteiger partial charge in [0.2, 0.25) is 0 Å². The maximum atomic E-state index is 3.47. The minimum Gasteiger partial charge on any atom is -0.315 e. The van der Waals surface area contributed by atoms with Crippen LogP contribution in [0, 0.1) is 0 Å². The van der Waals surface area contributed by atoms with Crippen LogP contribution < -0.4 is 21.3 Å². The van der Waals surface area contributed by atoms with Gasteiger partial charge in [0.15, 0.2) is 0 Å². The largest absolute Gasteiger partial charge is 0.315 e. The molecule has 0 amide bonds. The van der Waals surface area contributed by atoms with E-state index in [0.717, 1.165) is 32.2 Å². The highest BCUT2D eigenvalue weighted by atomic mass is 15.3. The van der Waals surface area contributed by atoms with Crippen LogP contribution in [0.5, 0.6) is 0 Å². The number of rotatable bonds is 0. The van der Waals surface area contributed by atoms with E-state index in [2.05, 4.69) is 114 Å². The van der Waals surface area contributed by atoms with Crippen molar-refractivity contribution in [2.45, 2.75) is 99.4 Å². The first-order chi connectivity index (χ1) is 20.5. The fourth-order valence-corrected chi connectivity index (χ4v) is 6.71. The van der Waals surface area contributed by atoms with Crippen molar-refractivity contribution in [2.75, 3.05) is 140 Å². The fourth-order valence-electron chi connectivity index (χ4n) is 6.71. The van der Waals surface area contributed by atoms with E-state index in [0.29, 0.717) is 24.2 Å². The lowest BCUT2D eigenvalue weighted by Crippen LogP contribution is -2.52. The van der Waals surface area contributed by atoms with Gasteiger partial charge in [0.25, 0.3) is 0 Å². The second kappa shape index (κ2) is 27.4. The lowest BCUT2D eigenvalue weighted by Gasteiger charge is -2.35. The van der Waals surface area contributed by atoms with Crippen LogP contribution >= 0.6 is 0 Å². The maximum Gasteiger partial charge on any atom is 0.0224 e. The molecule has 6 fully saturated rings. The minimum absolute atomic E-state index is 0. The number of fused-ring (bicyclic) bond motifs is 1. The Morgan fingerprint density at radius 1 is 0.500 bits per heavy atom. The molecule has 0 aromatic rings. The molecular formula is C36H86N10. The Balaban J connectivity index is 0. The van der Waals surface area contributed by atoms with Gasteiger partial charge < -0.3 is 45.8 Å². The molecule has 5 atom stereocenters. The number of piperazine rings is 4. The molecule has 5 unspecified atom stereocenters. The Morgan fingerprint density at radius 2 is 1.07 bits per heavy atom. The van der Waals surface area contributed by atoms with Crippen molar-refractivity contribution < 1.29 is 0 Å². The van der Waals surface area contributed by atoms with Gasteiger partial charge in [-0.3, -0.25) is 4.90 Å². The molecule has 6 aliphatic rings. The first kappa shape index (κ1) is 47.7. The Morgan fingerprint density at radius 3 is 1.59 bits per heavy atom. The molecule has 10 nitrogen and oxygen atoms in total. The summed E-state index contributed by atoms with van der Waals surface area (Å²) in [5.74, 6) is 0. The summed E-state index contributed by atoms with van der Waals surface area (Å²) in [5, 5.41) is 13.5. The van der Waals surface area contributed by atoms with Crippen LogP contribution in [0.15, 0.2) is 0 Å². The zero-order chi connectivity index (χ0) is 31.6. The molecule has 280 valence electrons. The summed E-state index contributed by atoms with van der Waals surface area (Å²) in [6, 6.07) is 3.61. The smallest absolute Gasteiger partial charge is 0.0224 e. The van der Waals surface area contributed by atoms with Crippen LogP contribution in [-0.2, 0) is 0 Å². The second-order valence-corrected chi connectivity index (χ2v) is 14.3. The molecule has 0 aromatic carbocycles. The van der Waals surface area contributed by atoms with Crippen molar-refractivity contribution >= 4 is 0 Å². The van der Waals surface area contributed by atoms with Crippen molar-refractivity contribution in [2.24, 2.45) is 0 Å². The zero-order valence-corrected chi connectivity index (χ0v) is 30.0. The van der Waals surface area contributed by atoms with E-state index in [1.54, 1.807) is 0 Å². The van der Waals surface area contributed by atoms with Gasteiger partial charge in [-0.1, -0.05) is 22.3 Å². The minimum atomic E-state index is 0. The third-order valence-corrected chi connectivity index (χ3v) is 9.51. The van der Waals surface area contributed by atoms with E-state index in [9.17, 15) is 0 Å². The van der Waals surface area contributed by atoms with Gasteiger partial charge in [-0.15, -0.1) is 0 Å². The predicted octanol–water partition coefficient (Wildman–Crippen LogP) is 2.33. The van der Waals surface area contributed by atoms with Crippen LogP contribution in [0.2, 0.25) is 0 Å². The van der Waals surface area contributed by atoms with E-state index in [-0.39, 0.29) is 22.3 Å². The van der Waals surface area contributed by atoms with Gasteiger partial charge in [0.05, 0.1) is 0 Å². The summed E-state index contributed by atoms with van der Waals surface area (Å²) in [7, 11) is 10.9. The van der Waals surface area contributed by atoms with E-state index in [1.165, 1.54) is 97.8 Å². The monoisotopic (exact) mass is 659 g/mol. The molecule has 6 aliphatic heterocycles. The van der Waals surface area contributed by atoms with E-state index in [4.69, 9.17) is 0 Å². The Hall–Kier alpha value is -0.400. The highest BCUT2D eigenvalue weighted by molar-refractivity contribution is 4.85. The van der Waals surface area contributed by atoms with Gasteiger partial charge in [0.1, 0.15) is 0 Å². The molecule has 6 saturated heterocycles. The summed E-state index contributed by atoms with van der Waals surface area (Å²) in [5.41, 5.74) is 0. The molecule has 0 saturated carbocycles. The predicted molar refractivity (Wildman–Crippen MR) is 207 cm³/mol. The number of nitrogens with one attached hydrogen (secondary N) is 4. The lowest BCUT2D eigenvalue weighted by molar-refractivity contribution is 0.124. The first-order valence-electron chi connectivity index (χ1n) is 17.6. The van der Waals surface area contributed by atoms with E-state index >= 15 is 0 Å². The van der Waals surface area contributed by atoms with Gasteiger partial charge in [-0.05, 0) is 102 Å². The fraction of sp³-hybridized carbons (Fsp3) is 1.00. The number of hydrogen-bond acceptors (Lipinski definition) is 10. The Bertz CT molecular complexity index is 646. The normalized spacial score (nSPS) is 31.4. The number of nitrogens with zero attached hydrogens (tertiary/aromatic N) is 6. The molecule has 6 rings (SSSR count). The van der Waals surface area contributed by atoms with Crippen molar-refractivity contribution in [3.05, 3.63) is 0 Å². The van der Waals surface area contributed by atoms with E-state index < -0.39 is 0 Å². The molecule has 6 heterocycles. The molecule has 0 aromatic heterocycles. The average Bonchev–Trinajstić information content (AvgIpc) is 3.28. The van der Waals surface area contributed by atoms with Crippen LogP contribution in [0.25, 0.3) is 0 Å². The summed E-state index contributed by atoms with van der Waals surface area (Å²) >= 11 is 0. The van der Waals surface area contributed by atoms with Crippen molar-refractivity contribution in [3.63, 3.8) is 0 Å². The van der Waals surface area contributed by atoms with E-state index in [1.807, 2.05) is 0 Å². The molecule has 46 heavy (non-hydrogen) atoms. The quantitative estimate of drug-likeness (QED) is 0.312. The topological polar surface area (TPSA) is 67.6 Å². The van der Waals surface area contributed by atoms with Crippen LogP contribution in [0.1, 0.15) is 69.2 Å². The number of hydrogen-bond donors (Lipinski definition) is 4.